The second-order valence-electron chi connectivity index (χ2n) is 4.48. The zero-order chi connectivity index (χ0) is 13.0. The number of aryl methyl sites for hydroxylation is 1. The molecule has 1 unspecified atom stereocenters. The molecule has 0 bridgehead atoms. The number of benzene rings is 1. The van der Waals surface area contributed by atoms with Gasteiger partial charge in [-0.25, -0.2) is 4.98 Å². The van der Waals surface area contributed by atoms with Crippen molar-refractivity contribution in [1.29, 1.82) is 0 Å². The first-order valence-electron chi connectivity index (χ1n) is 6.27. The summed E-state index contributed by atoms with van der Waals surface area (Å²) in [7, 11) is 1.73. The maximum absolute atomic E-state index is 5.51. The molecule has 0 aliphatic rings. The average molecular weight is 245 g/mol. The Labute approximate surface area is 108 Å². The van der Waals surface area contributed by atoms with Crippen molar-refractivity contribution in [3.8, 4) is 11.5 Å². The first-order valence-corrected chi connectivity index (χ1v) is 6.27. The highest BCUT2D eigenvalue weighted by Gasteiger charge is 2.11. The van der Waals surface area contributed by atoms with E-state index in [1.165, 1.54) is 5.56 Å². The standard InChI is InChI=1S/C15H19NO2/c1-4-14(17-3)9-13-10-18-15(16-13)12-7-5-11(2)6-8-12/h5-8,10,14H,4,9H2,1-3H3. The molecule has 0 spiro atoms. The van der Waals surface area contributed by atoms with Crippen LogP contribution in [0.1, 0.15) is 24.6 Å². The van der Waals surface area contributed by atoms with Crippen molar-refractivity contribution < 1.29 is 9.15 Å². The number of nitrogens with zero attached hydrogens (tertiary/aromatic N) is 1. The maximum atomic E-state index is 5.51. The van der Waals surface area contributed by atoms with Gasteiger partial charge in [0.2, 0.25) is 5.89 Å². The van der Waals surface area contributed by atoms with E-state index < -0.39 is 0 Å². The molecule has 1 aromatic heterocycles. The van der Waals surface area contributed by atoms with Crippen LogP contribution in [0.3, 0.4) is 0 Å². The maximum Gasteiger partial charge on any atom is 0.226 e. The summed E-state index contributed by atoms with van der Waals surface area (Å²) in [5.41, 5.74) is 3.19. The summed E-state index contributed by atoms with van der Waals surface area (Å²) in [4.78, 5) is 4.50. The lowest BCUT2D eigenvalue weighted by Gasteiger charge is -2.09. The van der Waals surface area contributed by atoms with Gasteiger partial charge in [-0.1, -0.05) is 24.6 Å². The van der Waals surface area contributed by atoms with Crippen LogP contribution in [0.4, 0.5) is 0 Å². The van der Waals surface area contributed by atoms with Crippen molar-refractivity contribution in [3.63, 3.8) is 0 Å². The molecule has 1 atom stereocenters. The van der Waals surface area contributed by atoms with Gasteiger partial charge in [0.1, 0.15) is 6.26 Å². The Kier molecular flexibility index (Phi) is 4.15. The first kappa shape index (κ1) is 12.8. The van der Waals surface area contributed by atoms with Crippen LogP contribution in [-0.4, -0.2) is 18.2 Å². The number of ether oxygens (including phenoxy) is 1. The highest BCUT2D eigenvalue weighted by Crippen LogP contribution is 2.20. The minimum atomic E-state index is 0.209. The molecule has 0 amide bonds. The fraction of sp³-hybridized carbons (Fsp3) is 0.400. The summed E-state index contributed by atoms with van der Waals surface area (Å²) in [5.74, 6) is 0.677. The monoisotopic (exact) mass is 245 g/mol. The minimum absolute atomic E-state index is 0.209. The van der Waals surface area contributed by atoms with Gasteiger partial charge in [-0.15, -0.1) is 0 Å². The minimum Gasteiger partial charge on any atom is -0.444 e. The van der Waals surface area contributed by atoms with Gasteiger partial charge in [0.25, 0.3) is 0 Å². The van der Waals surface area contributed by atoms with Gasteiger partial charge in [0, 0.05) is 19.1 Å². The van der Waals surface area contributed by atoms with E-state index in [4.69, 9.17) is 9.15 Å². The molecule has 1 heterocycles. The normalized spacial score (nSPS) is 12.6. The Morgan fingerprint density at radius 3 is 2.61 bits per heavy atom. The topological polar surface area (TPSA) is 35.3 Å². The molecule has 0 N–H and O–H groups in total. The van der Waals surface area contributed by atoms with Crippen LogP contribution in [0.15, 0.2) is 34.9 Å². The van der Waals surface area contributed by atoms with E-state index in [1.807, 2.05) is 12.1 Å². The lowest BCUT2D eigenvalue weighted by Crippen LogP contribution is -2.12. The van der Waals surface area contributed by atoms with Gasteiger partial charge in [-0.05, 0) is 25.5 Å². The number of rotatable bonds is 5. The molecule has 3 nitrogen and oxygen atoms in total. The van der Waals surface area contributed by atoms with Gasteiger partial charge in [-0.2, -0.15) is 0 Å². The quantitative estimate of drug-likeness (QED) is 0.807. The largest absolute Gasteiger partial charge is 0.444 e. The fourth-order valence-electron chi connectivity index (χ4n) is 1.86. The second kappa shape index (κ2) is 5.83. The Balaban J connectivity index is 2.12. The zero-order valence-electron chi connectivity index (χ0n) is 11.1. The predicted molar refractivity (Wildman–Crippen MR) is 71.5 cm³/mol. The van der Waals surface area contributed by atoms with Crippen LogP contribution in [0.5, 0.6) is 0 Å². The SMILES string of the molecule is CCC(Cc1coc(-c2ccc(C)cc2)n1)OC. The van der Waals surface area contributed by atoms with Crippen molar-refractivity contribution in [2.45, 2.75) is 32.8 Å². The molecule has 0 fully saturated rings. The summed E-state index contributed by atoms with van der Waals surface area (Å²) in [5, 5.41) is 0. The van der Waals surface area contributed by atoms with Gasteiger partial charge < -0.3 is 9.15 Å². The number of hydrogen-bond donors (Lipinski definition) is 0. The van der Waals surface area contributed by atoms with Crippen molar-refractivity contribution in [2.75, 3.05) is 7.11 Å². The third kappa shape index (κ3) is 2.99. The first-order chi connectivity index (χ1) is 8.72. The lowest BCUT2D eigenvalue weighted by molar-refractivity contribution is 0.0990. The summed E-state index contributed by atoms with van der Waals surface area (Å²) < 4.78 is 10.9. The zero-order valence-corrected chi connectivity index (χ0v) is 11.1. The van der Waals surface area contributed by atoms with Crippen LogP contribution in [0, 0.1) is 6.92 Å². The fourth-order valence-corrected chi connectivity index (χ4v) is 1.86. The van der Waals surface area contributed by atoms with E-state index in [1.54, 1.807) is 13.4 Å². The molecule has 18 heavy (non-hydrogen) atoms. The highest BCUT2D eigenvalue weighted by molar-refractivity contribution is 5.53. The third-order valence-corrected chi connectivity index (χ3v) is 3.08. The van der Waals surface area contributed by atoms with Crippen molar-refractivity contribution in [2.24, 2.45) is 0 Å². The van der Waals surface area contributed by atoms with E-state index in [-0.39, 0.29) is 6.10 Å². The lowest BCUT2D eigenvalue weighted by atomic mass is 10.1. The molecular formula is C15H19NO2. The van der Waals surface area contributed by atoms with E-state index in [0.717, 1.165) is 24.1 Å². The average Bonchev–Trinajstić information content (AvgIpc) is 2.85. The molecule has 96 valence electrons. The Morgan fingerprint density at radius 2 is 2.00 bits per heavy atom. The summed E-state index contributed by atoms with van der Waals surface area (Å²) in [6.07, 6.45) is 3.70. The molecule has 2 rings (SSSR count). The summed E-state index contributed by atoms with van der Waals surface area (Å²) >= 11 is 0. The molecule has 0 saturated heterocycles. The van der Waals surface area contributed by atoms with Crippen molar-refractivity contribution in [3.05, 3.63) is 41.8 Å². The molecule has 0 saturated carbocycles. The van der Waals surface area contributed by atoms with E-state index in [9.17, 15) is 0 Å². The van der Waals surface area contributed by atoms with Gasteiger partial charge in [-0.3, -0.25) is 0 Å². The smallest absolute Gasteiger partial charge is 0.226 e. The van der Waals surface area contributed by atoms with Crippen molar-refractivity contribution >= 4 is 0 Å². The van der Waals surface area contributed by atoms with E-state index in [0.29, 0.717) is 5.89 Å². The Morgan fingerprint density at radius 1 is 1.28 bits per heavy atom. The molecule has 3 heteroatoms. The highest BCUT2D eigenvalue weighted by atomic mass is 16.5. The number of oxazole rings is 1. The molecule has 2 aromatic rings. The Hall–Kier alpha value is -1.61. The van der Waals surface area contributed by atoms with Gasteiger partial charge in [0.05, 0.1) is 11.8 Å². The predicted octanol–water partition coefficient (Wildman–Crippen LogP) is 3.62. The molecule has 0 aliphatic heterocycles. The summed E-state index contributed by atoms with van der Waals surface area (Å²) in [6, 6.07) is 8.17. The molecule has 1 aromatic carbocycles. The van der Waals surface area contributed by atoms with Gasteiger partial charge >= 0.3 is 0 Å². The molecule has 0 radical (unpaired) electrons. The van der Waals surface area contributed by atoms with Crippen LogP contribution in [0.25, 0.3) is 11.5 Å². The number of methoxy groups -OCH3 is 1. The van der Waals surface area contributed by atoms with E-state index >= 15 is 0 Å². The third-order valence-electron chi connectivity index (χ3n) is 3.08. The molecule has 0 aliphatic carbocycles. The Bertz CT molecular complexity index is 483. The number of aromatic nitrogens is 1. The number of hydrogen-bond acceptors (Lipinski definition) is 3. The molecular weight excluding hydrogens is 226 g/mol. The van der Waals surface area contributed by atoms with Crippen LogP contribution in [-0.2, 0) is 11.2 Å². The van der Waals surface area contributed by atoms with Crippen LogP contribution in [0.2, 0.25) is 0 Å². The van der Waals surface area contributed by atoms with Gasteiger partial charge in [0.15, 0.2) is 0 Å². The summed E-state index contributed by atoms with van der Waals surface area (Å²) in [6.45, 7) is 4.17. The second-order valence-corrected chi connectivity index (χ2v) is 4.48. The van der Waals surface area contributed by atoms with Crippen LogP contribution < -0.4 is 0 Å². The van der Waals surface area contributed by atoms with Crippen LogP contribution >= 0.6 is 0 Å². The van der Waals surface area contributed by atoms with Crippen molar-refractivity contribution in [1.82, 2.24) is 4.98 Å². The van der Waals surface area contributed by atoms with E-state index in [2.05, 4.69) is 31.0 Å².